The topological polar surface area (TPSA) is 0 Å². The third-order valence-corrected chi connectivity index (χ3v) is 10.8. The zero-order valence-corrected chi connectivity index (χ0v) is 14.2. The van der Waals surface area contributed by atoms with Crippen molar-refractivity contribution in [2.75, 3.05) is 0 Å². The van der Waals surface area contributed by atoms with Crippen molar-refractivity contribution in [3.63, 3.8) is 0 Å². The Hall–Kier alpha value is 1.85. The summed E-state index contributed by atoms with van der Waals surface area (Å²) in [5.41, 5.74) is 1.17. The van der Waals surface area contributed by atoms with Gasteiger partial charge in [0.1, 0.15) is 0 Å². The van der Waals surface area contributed by atoms with Crippen LogP contribution in [0.25, 0.3) is 0 Å². The molecule has 13 heavy (non-hydrogen) atoms. The van der Waals surface area contributed by atoms with Gasteiger partial charge in [-0.2, -0.15) is 0 Å². The number of hydrogen-bond acceptors (Lipinski definition) is 0. The molecule has 0 N–H and O–H groups in total. The third kappa shape index (κ3) is 3.42. The van der Waals surface area contributed by atoms with Gasteiger partial charge in [-0.15, -0.1) is 0 Å². The van der Waals surface area contributed by atoms with E-state index in [2.05, 4.69) is 20.8 Å². The first kappa shape index (κ1) is 14.9. The molecule has 0 aromatic rings. The minimum Gasteiger partial charge on any atom is -1.00 e. The zero-order valence-electron chi connectivity index (χ0n) is 11.0. The molecular formula is C11H25KSi. The van der Waals surface area contributed by atoms with Crippen LogP contribution in [-0.2, 0) is 0 Å². The number of rotatable bonds is 3. The molecule has 0 nitrogen and oxygen atoms in total. The Labute approximate surface area is 129 Å². The van der Waals surface area contributed by atoms with E-state index in [4.69, 9.17) is 0 Å². The monoisotopic (exact) mass is 224 g/mol. The normalized spacial score (nSPS) is 26.5. The van der Waals surface area contributed by atoms with E-state index in [0.29, 0.717) is 0 Å². The van der Waals surface area contributed by atoms with E-state index < -0.39 is 8.07 Å². The fraction of sp³-hybridized carbons (Fsp3) is 1.00. The van der Waals surface area contributed by atoms with Crippen LogP contribution in [0.3, 0.4) is 0 Å². The smallest absolute Gasteiger partial charge is 1.00 e. The van der Waals surface area contributed by atoms with Crippen LogP contribution in [0.15, 0.2) is 0 Å². The molecule has 1 aliphatic rings. The van der Waals surface area contributed by atoms with Crippen molar-refractivity contribution in [1.82, 2.24) is 0 Å². The summed E-state index contributed by atoms with van der Waals surface area (Å²) in [5, 5.41) is 0. The molecule has 1 unspecified atom stereocenters. The van der Waals surface area contributed by atoms with Gasteiger partial charge in [0.15, 0.2) is 0 Å². The van der Waals surface area contributed by atoms with Crippen LogP contribution in [0.4, 0.5) is 0 Å². The second-order valence-corrected chi connectivity index (χ2v) is 9.88. The van der Waals surface area contributed by atoms with Crippen molar-refractivity contribution in [3.8, 4) is 0 Å². The maximum atomic E-state index is 2.45. The Morgan fingerprint density at radius 3 is 2.15 bits per heavy atom. The fourth-order valence-corrected chi connectivity index (χ4v) is 8.60. The molecule has 1 aliphatic heterocycles. The maximum Gasteiger partial charge on any atom is 1.00 e. The average Bonchev–Trinajstić information content (AvgIpc) is 2.17. The molecule has 0 aromatic heterocycles. The van der Waals surface area contributed by atoms with Gasteiger partial charge >= 0.3 is 51.4 Å². The van der Waals surface area contributed by atoms with Crippen molar-refractivity contribution >= 4 is 8.07 Å². The molecule has 0 amide bonds. The van der Waals surface area contributed by atoms with Crippen LogP contribution < -0.4 is 51.4 Å². The minimum absolute atomic E-state index is 0. The largest absolute Gasteiger partial charge is 1.00 e. The second kappa shape index (κ2) is 7.18. The molecule has 1 rings (SSSR count). The summed E-state index contributed by atoms with van der Waals surface area (Å²) in [6.07, 6.45) is 6.09. The predicted octanol–water partition coefficient (Wildman–Crippen LogP) is 1.56. The Kier molecular flexibility index (Phi) is 8.20. The third-order valence-electron chi connectivity index (χ3n) is 4.24. The molecule has 1 fully saturated rings. The molecule has 0 spiro atoms. The van der Waals surface area contributed by atoms with Gasteiger partial charge < -0.3 is 1.43 Å². The molecule has 1 saturated heterocycles. The SMILES string of the molecule is CCC1CCCC[Si]1(CC)CC.[H-].[K+]. The Bertz CT molecular complexity index is 137. The van der Waals surface area contributed by atoms with Crippen LogP contribution in [0, 0.1) is 0 Å². The van der Waals surface area contributed by atoms with Gasteiger partial charge in [-0.25, -0.2) is 0 Å². The Morgan fingerprint density at radius 1 is 1.15 bits per heavy atom. The van der Waals surface area contributed by atoms with E-state index in [9.17, 15) is 0 Å². The number of hydrogen-bond donors (Lipinski definition) is 0. The minimum atomic E-state index is -0.760. The predicted molar refractivity (Wildman–Crippen MR) is 60.5 cm³/mol. The van der Waals surface area contributed by atoms with Gasteiger partial charge in [0.2, 0.25) is 0 Å². The van der Waals surface area contributed by atoms with Crippen LogP contribution in [0.5, 0.6) is 0 Å². The van der Waals surface area contributed by atoms with Crippen LogP contribution in [0.1, 0.15) is 47.9 Å². The summed E-state index contributed by atoms with van der Waals surface area (Å²) < 4.78 is 0. The summed E-state index contributed by atoms with van der Waals surface area (Å²) >= 11 is 0. The standard InChI is InChI=1S/C11H24Si.K.H/c1-4-11-9-7-8-10-12(11,5-2)6-3;;/h11H,4-10H2,1-3H3;;/q;+1;-1. The van der Waals surface area contributed by atoms with Gasteiger partial charge in [-0.3, -0.25) is 0 Å². The fourth-order valence-electron chi connectivity index (χ4n) is 3.20. The first-order valence-electron chi connectivity index (χ1n) is 5.79. The van der Waals surface area contributed by atoms with E-state index in [1.165, 1.54) is 18.4 Å². The first-order chi connectivity index (χ1) is 5.79. The summed E-state index contributed by atoms with van der Waals surface area (Å²) in [6.45, 7) is 7.30. The van der Waals surface area contributed by atoms with E-state index in [0.717, 1.165) is 0 Å². The summed E-state index contributed by atoms with van der Waals surface area (Å²) in [4.78, 5) is 0. The van der Waals surface area contributed by atoms with Crippen molar-refractivity contribution in [1.29, 1.82) is 0 Å². The Morgan fingerprint density at radius 2 is 1.77 bits per heavy atom. The molecule has 0 radical (unpaired) electrons. The van der Waals surface area contributed by atoms with Crippen LogP contribution >= 0.6 is 0 Å². The van der Waals surface area contributed by atoms with Crippen LogP contribution in [0.2, 0.25) is 23.7 Å². The molecular weight excluding hydrogens is 199 g/mol. The maximum absolute atomic E-state index is 2.45. The van der Waals surface area contributed by atoms with E-state index >= 15 is 0 Å². The van der Waals surface area contributed by atoms with Gasteiger partial charge in [-0.05, 0) is 5.54 Å². The molecule has 0 saturated carbocycles. The summed E-state index contributed by atoms with van der Waals surface area (Å²) in [7, 11) is -0.760. The molecule has 0 aromatic carbocycles. The van der Waals surface area contributed by atoms with E-state index in [-0.39, 0.29) is 52.8 Å². The van der Waals surface area contributed by atoms with Gasteiger partial charge in [0.05, 0.1) is 8.07 Å². The van der Waals surface area contributed by atoms with Crippen molar-refractivity contribution in [2.24, 2.45) is 0 Å². The molecule has 1 atom stereocenters. The van der Waals surface area contributed by atoms with Crippen molar-refractivity contribution in [3.05, 3.63) is 0 Å². The van der Waals surface area contributed by atoms with Gasteiger partial charge in [0.25, 0.3) is 0 Å². The summed E-state index contributed by atoms with van der Waals surface area (Å²) in [5.74, 6) is 0. The Balaban J connectivity index is 0. The molecule has 1 heterocycles. The first-order valence-corrected chi connectivity index (χ1v) is 8.49. The summed E-state index contributed by atoms with van der Waals surface area (Å²) in [6, 6.07) is 4.72. The molecule has 2 heteroatoms. The van der Waals surface area contributed by atoms with Crippen molar-refractivity contribution < 1.29 is 52.8 Å². The van der Waals surface area contributed by atoms with E-state index in [1.807, 2.05) is 0 Å². The molecule has 0 aliphatic carbocycles. The van der Waals surface area contributed by atoms with E-state index in [1.54, 1.807) is 31.0 Å². The zero-order chi connectivity index (χ0) is 9.03. The van der Waals surface area contributed by atoms with Gasteiger partial charge in [0, 0.05) is 0 Å². The van der Waals surface area contributed by atoms with Crippen LogP contribution in [-0.4, -0.2) is 8.07 Å². The average molecular weight is 225 g/mol. The second-order valence-electron chi connectivity index (χ2n) is 4.42. The van der Waals surface area contributed by atoms with Crippen molar-refractivity contribution in [2.45, 2.75) is 70.1 Å². The van der Waals surface area contributed by atoms with Gasteiger partial charge in [-0.1, -0.05) is 64.6 Å². The molecule has 74 valence electrons. The molecule has 0 bridgehead atoms. The quantitative estimate of drug-likeness (QED) is 0.638.